The average molecular weight is 287 g/mol. The molecule has 1 aliphatic heterocycles. The van der Waals surface area contributed by atoms with E-state index >= 15 is 0 Å². The number of nitrogens with one attached hydrogen (secondary N) is 3. The van der Waals surface area contributed by atoms with E-state index in [2.05, 4.69) is 64.2 Å². The van der Waals surface area contributed by atoms with Crippen LogP contribution in [0.3, 0.4) is 0 Å². The van der Waals surface area contributed by atoms with Gasteiger partial charge in [-0.05, 0) is 32.8 Å². The third-order valence-corrected chi connectivity index (χ3v) is 3.47. The van der Waals surface area contributed by atoms with E-state index in [-0.39, 0.29) is 0 Å². The quantitative estimate of drug-likeness (QED) is 0.693. The average Bonchev–Trinajstić information content (AvgIpc) is 2.48. The zero-order valence-electron chi connectivity index (χ0n) is 13.1. The Morgan fingerprint density at radius 3 is 2.67 bits per heavy atom. The first-order chi connectivity index (χ1) is 10.1. The van der Waals surface area contributed by atoms with Crippen LogP contribution in [0.1, 0.15) is 5.56 Å². The van der Waals surface area contributed by atoms with Crippen molar-refractivity contribution in [2.24, 2.45) is 4.99 Å². The van der Waals surface area contributed by atoms with Crippen LogP contribution in [-0.2, 0) is 6.42 Å². The molecule has 3 N–H and O–H groups in total. The summed E-state index contributed by atoms with van der Waals surface area (Å²) in [6, 6.07) is 10.4. The van der Waals surface area contributed by atoms with Crippen molar-refractivity contribution in [1.82, 2.24) is 20.9 Å². The Balaban J connectivity index is 1.98. The van der Waals surface area contributed by atoms with Crippen LogP contribution in [0, 0.1) is 0 Å². The normalized spacial score (nSPS) is 21.0. The summed E-state index contributed by atoms with van der Waals surface area (Å²) in [5, 5.41) is 10.2. The first kappa shape index (κ1) is 15.5. The van der Waals surface area contributed by atoms with Crippen molar-refractivity contribution in [2.75, 3.05) is 34.2 Å². The topological polar surface area (TPSA) is 51.7 Å². The Labute approximate surface area is 127 Å². The minimum absolute atomic E-state index is 0.490. The molecular formula is C16H25N5. The highest BCUT2D eigenvalue weighted by molar-refractivity contribution is 5.73. The molecule has 114 valence electrons. The van der Waals surface area contributed by atoms with Crippen molar-refractivity contribution in [1.29, 1.82) is 0 Å². The Bertz CT molecular complexity index is 495. The van der Waals surface area contributed by atoms with E-state index < -0.39 is 5.79 Å². The predicted octanol–water partition coefficient (Wildman–Crippen LogP) is 0.769. The molecule has 2 rings (SSSR count). The van der Waals surface area contributed by atoms with Gasteiger partial charge >= 0.3 is 0 Å². The maximum Gasteiger partial charge on any atom is 0.189 e. The second-order valence-corrected chi connectivity index (χ2v) is 5.49. The van der Waals surface area contributed by atoms with Crippen molar-refractivity contribution < 1.29 is 0 Å². The van der Waals surface area contributed by atoms with Gasteiger partial charge in [0.1, 0.15) is 5.82 Å². The zero-order chi connectivity index (χ0) is 15.1. The van der Waals surface area contributed by atoms with Gasteiger partial charge in [-0.2, -0.15) is 0 Å². The maximum atomic E-state index is 4.59. The number of rotatable bonds is 7. The van der Waals surface area contributed by atoms with E-state index in [1.807, 2.05) is 25.4 Å². The maximum absolute atomic E-state index is 4.59. The van der Waals surface area contributed by atoms with Crippen molar-refractivity contribution in [2.45, 2.75) is 12.2 Å². The lowest BCUT2D eigenvalue weighted by atomic mass is 10.1. The number of hydrogen-bond acceptors (Lipinski definition) is 5. The molecule has 0 aliphatic carbocycles. The van der Waals surface area contributed by atoms with Crippen molar-refractivity contribution in [3.63, 3.8) is 0 Å². The first-order valence-electron chi connectivity index (χ1n) is 7.29. The minimum Gasteiger partial charge on any atom is -0.370 e. The Morgan fingerprint density at radius 2 is 2.00 bits per heavy atom. The smallest absolute Gasteiger partial charge is 0.189 e. The van der Waals surface area contributed by atoms with Gasteiger partial charge in [-0.25, -0.2) is 0 Å². The SMILES string of the molecule is CNC1(Cc2ccccc2)N=CC=C(NCCN(C)C)N1. The van der Waals surface area contributed by atoms with E-state index in [0.29, 0.717) is 0 Å². The Hall–Kier alpha value is -1.85. The number of nitrogens with zero attached hydrogens (tertiary/aromatic N) is 2. The summed E-state index contributed by atoms with van der Waals surface area (Å²) < 4.78 is 0. The lowest BCUT2D eigenvalue weighted by Gasteiger charge is -2.35. The van der Waals surface area contributed by atoms with Gasteiger partial charge < -0.3 is 15.5 Å². The molecule has 0 bridgehead atoms. The fourth-order valence-corrected chi connectivity index (χ4v) is 2.25. The van der Waals surface area contributed by atoms with Gasteiger partial charge in [-0.3, -0.25) is 10.3 Å². The molecule has 1 aromatic carbocycles. The molecular weight excluding hydrogens is 262 g/mol. The van der Waals surface area contributed by atoms with Crippen LogP contribution in [0.5, 0.6) is 0 Å². The Morgan fingerprint density at radius 1 is 1.24 bits per heavy atom. The number of likely N-dealkylation sites (N-methyl/N-ethyl adjacent to an activating group) is 2. The second kappa shape index (κ2) is 7.24. The summed E-state index contributed by atoms with van der Waals surface area (Å²) in [7, 11) is 6.06. The van der Waals surface area contributed by atoms with Crippen LogP contribution in [0.15, 0.2) is 47.2 Å². The molecule has 1 aliphatic rings. The molecule has 0 saturated carbocycles. The monoisotopic (exact) mass is 287 g/mol. The summed E-state index contributed by atoms with van der Waals surface area (Å²) in [6.07, 6.45) is 4.61. The molecule has 0 fully saturated rings. The summed E-state index contributed by atoms with van der Waals surface area (Å²) in [5.41, 5.74) is 1.24. The van der Waals surface area contributed by atoms with Crippen LogP contribution >= 0.6 is 0 Å². The molecule has 5 nitrogen and oxygen atoms in total. The third kappa shape index (κ3) is 4.58. The van der Waals surface area contributed by atoms with Crippen LogP contribution in [0.25, 0.3) is 0 Å². The number of aliphatic imine (C=N–C) groups is 1. The molecule has 1 atom stereocenters. The van der Waals surface area contributed by atoms with Crippen LogP contribution in [0.2, 0.25) is 0 Å². The van der Waals surface area contributed by atoms with E-state index in [4.69, 9.17) is 0 Å². The highest BCUT2D eigenvalue weighted by atomic mass is 15.4. The largest absolute Gasteiger partial charge is 0.370 e. The Kier molecular flexibility index (Phi) is 5.36. The van der Waals surface area contributed by atoms with Gasteiger partial charge in [-0.1, -0.05) is 30.3 Å². The number of allylic oxidation sites excluding steroid dienone is 1. The number of benzene rings is 1. The molecule has 0 radical (unpaired) electrons. The molecule has 21 heavy (non-hydrogen) atoms. The molecule has 0 aromatic heterocycles. The van der Waals surface area contributed by atoms with Gasteiger partial charge in [0.05, 0.1) is 0 Å². The molecule has 0 spiro atoms. The van der Waals surface area contributed by atoms with Crippen molar-refractivity contribution in [3.05, 3.63) is 47.8 Å². The lowest BCUT2D eigenvalue weighted by Crippen LogP contribution is -2.58. The standard InChI is InChI=1S/C16H25N5/c1-17-16(13-14-7-5-4-6-8-14)19-10-9-15(20-16)18-11-12-21(2)3/h4-10,17-18,20H,11-13H2,1-3H3. The molecule has 0 amide bonds. The van der Waals surface area contributed by atoms with Crippen LogP contribution in [-0.4, -0.2) is 51.1 Å². The van der Waals surface area contributed by atoms with E-state index in [1.54, 1.807) is 0 Å². The molecule has 1 heterocycles. The minimum atomic E-state index is -0.490. The van der Waals surface area contributed by atoms with Crippen LogP contribution in [0.4, 0.5) is 0 Å². The molecule has 0 saturated heterocycles. The number of hydrogen-bond donors (Lipinski definition) is 3. The highest BCUT2D eigenvalue weighted by Crippen LogP contribution is 2.15. The first-order valence-corrected chi connectivity index (χ1v) is 7.29. The van der Waals surface area contributed by atoms with Crippen LogP contribution < -0.4 is 16.0 Å². The summed E-state index contributed by atoms with van der Waals surface area (Å²) >= 11 is 0. The van der Waals surface area contributed by atoms with E-state index in [1.165, 1.54) is 5.56 Å². The zero-order valence-corrected chi connectivity index (χ0v) is 13.1. The summed E-state index contributed by atoms with van der Waals surface area (Å²) in [6.45, 7) is 1.88. The fourth-order valence-electron chi connectivity index (χ4n) is 2.25. The fraction of sp³-hybridized carbons (Fsp3) is 0.438. The van der Waals surface area contributed by atoms with Gasteiger partial charge in [0.2, 0.25) is 0 Å². The molecule has 1 aromatic rings. The van der Waals surface area contributed by atoms with Crippen molar-refractivity contribution >= 4 is 6.21 Å². The van der Waals surface area contributed by atoms with Gasteiger partial charge in [-0.15, -0.1) is 0 Å². The highest BCUT2D eigenvalue weighted by Gasteiger charge is 2.29. The molecule has 5 heteroatoms. The summed E-state index contributed by atoms with van der Waals surface area (Å²) in [4.78, 5) is 6.75. The second-order valence-electron chi connectivity index (χ2n) is 5.49. The predicted molar refractivity (Wildman–Crippen MR) is 88.2 cm³/mol. The molecule has 1 unspecified atom stereocenters. The van der Waals surface area contributed by atoms with E-state index in [0.717, 1.165) is 25.3 Å². The van der Waals surface area contributed by atoms with Gasteiger partial charge in [0.15, 0.2) is 5.79 Å². The lowest BCUT2D eigenvalue weighted by molar-refractivity contribution is 0.298. The summed E-state index contributed by atoms with van der Waals surface area (Å²) in [5.74, 6) is 0.508. The third-order valence-electron chi connectivity index (χ3n) is 3.47. The van der Waals surface area contributed by atoms with Gasteiger partial charge in [0, 0.05) is 25.7 Å². The van der Waals surface area contributed by atoms with Gasteiger partial charge in [0.25, 0.3) is 0 Å². The van der Waals surface area contributed by atoms with Crippen molar-refractivity contribution in [3.8, 4) is 0 Å². The van der Waals surface area contributed by atoms with E-state index in [9.17, 15) is 0 Å².